The van der Waals surface area contributed by atoms with Crippen molar-refractivity contribution >= 4 is 17.5 Å². The molecule has 0 saturated heterocycles. The Labute approximate surface area is 171 Å². The average molecular weight is 402 g/mol. The first-order valence-corrected chi connectivity index (χ1v) is 10.4. The number of hydrogen-bond donors (Lipinski definition) is 2. The number of nitrogens with one attached hydrogen (secondary N) is 2. The fraction of sp³-hybridized carbons (Fsp3) is 0.636. The Hall–Kier alpha value is -2.28. The van der Waals surface area contributed by atoms with Gasteiger partial charge in [-0.15, -0.1) is 0 Å². The Kier molecular flexibility index (Phi) is 5.42. The maximum atomic E-state index is 12.5. The minimum Gasteiger partial charge on any atom is -0.497 e. The Morgan fingerprint density at radius 2 is 1.62 bits per heavy atom. The van der Waals surface area contributed by atoms with Crippen molar-refractivity contribution in [2.75, 3.05) is 33.2 Å². The zero-order valence-electron chi connectivity index (χ0n) is 17.3. The predicted octanol–water partition coefficient (Wildman–Crippen LogP) is 2.60. The zero-order valence-corrected chi connectivity index (χ0v) is 17.3. The number of amides is 2. The van der Waals surface area contributed by atoms with Gasteiger partial charge in [0.25, 0.3) is 0 Å². The Bertz CT molecular complexity index is 765. The summed E-state index contributed by atoms with van der Waals surface area (Å²) in [6.45, 7) is 0.379. The number of ether oxygens (including phenoxy) is 3. The average Bonchev–Trinajstić information content (AvgIpc) is 2.73. The van der Waals surface area contributed by atoms with E-state index in [-0.39, 0.29) is 5.60 Å². The van der Waals surface area contributed by atoms with Gasteiger partial charge in [0.2, 0.25) is 0 Å². The van der Waals surface area contributed by atoms with Crippen molar-refractivity contribution in [2.45, 2.75) is 37.7 Å². The highest BCUT2D eigenvalue weighted by Gasteiger charge is 2.57. The molecule has 0 radical (unpaired) electrons. The van der Waals surface area contributed by atoms with E-state index in [4.69, 9.17) is 14.2 Å². The molecule has 158 valence electrons. The van der Waals surface area contributed by atoms with Crippen molar-refractivity contribution in [3.05, 3.63) is 18.2 Å². The SMILES string of the molecule is COc1ccc(NC(=O)C(=O)NCC2(OC)C3CC4CC(C3)CC2C4)c(OC)c1. The molecule has 2 N–H and O–H groups in total. The fourth-order valence-corrected chi connectivity index (χ4v) is 6.06. The lowest BCUT2D eigenvalue weighted by Crippen LogP contribution is -2.63. The minimum absolute atomic E-state index is 0.346. The number of rotatable bonds is 6. The fourth-order valence-electron chi connectivity index (χ4n) is 6.06. The van der Waals surface area contributed by atoms with Crippen LogP contribution in [0.5, 0.6) is 11.5 Å². The van der Waals surface area contributed by atoms with Gasteiger partial charge < -0.3 is 24.8 Å². The summed E-state index contributed by atoms with van der Waals surface area (Å²) in [5.74, 6) is 2.21. The summed E-state index contributed by atoms with van der Waals surface area (Å²) in [5, 5.41) is 5.46. The molecular formula is C22H30N2O5. The molecule has 2 amide bonds. The van der Waals surface area contributed by atoms with Gasteiger partial charge in [-0.2, -0.15) is 0 Å². The van der Waals surface area contributed by atoms with Gasteiger partial charge >= 0.3 is 11.8 Å². The van der Waals surface area contributed by atoms with E-state index >= 15 is 0 Å². The van der Waals surface area contributed by atoms with E-state index in [0.29, 0.717) is 35.6 Å². The van der Waals surface area contributed by atoms with Crippen LogP contribution in [0, 0.1) is 23.7 Å². The third-order valence-corrected chi connectivity index (χ3v) is 7.29. The molecule has 0 unspecified atom stereocenters. The lowest BCUT2D eigenvalue weighted by molar-refractivity contribution is -0.188. The highest BCUT2D eigenvalue weighted by molar-refractivity contribution is 6.39. The summed E-state index contributed by atoms with van der Waals surface area (Å²) < 4.78 is 16.5. The molecule has 29 heavy (non-hydrogen) atoms. The Balaban J connectivity index is 1.40. The van der Waals surface area contributed by atoms with Gasteiger partial charge in [0.15, 0.2) is 0 Å². The van der Waals surface area contributed by atoms with Crippen LogP contribution in [0.15, 0.2) is 18.2 Å². The largest absolute Gasteiger partial charge is 0.497 e. The second-order valence-electron chi connectivity index (χ2n) is 8.67. The molecule has 4 aliphatic carbocycles. The summed E-state index contributed by atoms with van der Waals surface area (Å²) in [6, 6.07) is 5.00. The van der Waals surface area contributed by atoms with Gasteiger partial charge in [0.05, 0.1) is 25.5 Å². The van der Waals surface area contributed by atoms with E-state index < -0.39 is 11.8 Å². The van der Waals surface area contributed by atoms with E-state index in [2.05, 4.69) is 10.6 Å². The van der Waals surface area contributed by atoms with E-state index in [9.17, 15) is 9.59 Å². The molecule has 0 aliphatic heterocycles. The lowest BCUT2D eigenvalue weighted by atomic mass is 9.49. The molecule has 0 heterocycles. The van der Waals surface area contributed by atoms with Crippen molar-refractivity contribution in [3.8, 4) is 11.5 Å². The molecule has 0 atom stereocenters. The highest BCUT2D eigenvalue weighted by Crippen LogP contribution is 2.59. The van der Waals surface area contributed by atoms with Gasteiger partial charge in [-0.25, -0.2) is 0 Å². The number of benzene rings is 1. The number of methoxy groups -OCH3 is 3. The third-order valence-electron chi connectivity index (χ3n) is 7.29. The van der Waals surface area contributed by atoms with Crippen LogP contribution in [0.2, 0.25) is 0 Å². The molecule has 5 rings (SSSR count). The Morgan fingerprint density at radius 1 is 0.966 bits per heavy atom. The van der Waals surface area contributed by atoms with Gasteiger partial charge in [0, 0.05) is 19.7 Å². The number of hydrogen-bond acceptors (Lipinski definition) is 5. The summed E-state index contributed by atoms with van der Waals surface area (Å²) in [5.41, 5.74) is 0.0748. The molecule has 4 bridgehead atoms. The molecule has 1 aromatic rings. The second kappa shape index (κ2) is 7.86. The summed E-state index contributed by atoms with van der Waals surface area (Å²) in [6.07, 6.45) is 6.04. The Morgan fingerprint density at radius 3 is 2.17 bits per heavy atom. The first-order valence-electron chi connectivity index (χ1n) is 10.4. The highest BCUT2D eigenvalue weighted by atomic mass is 16.5. The summed E-state index contributed by atoms with van der Waals surface area (Å²) in [4.78, 5) is 25.0. The van der Waals surface area contributed by atoms with Crippen LogP contribution in [0.4, 0.5) is 5.69 Å². The summed E-state index contributed by atoms with van der Waals surface area (Å²) >= 11 is 0. The maximum Gasteiger partial charge on any atom is 0.313 e. The van der Waals surface area contributed by atoms with E-state index in [0.717, 1.165) is 11.8 Å². The normalized spacial score (nSPS) is 32.0. The van der Waals surface area contributed by atoms with Crippen LogP contribution in [-0.4, -0.2) is 45.3 Å². The molecular weight excluding hydrogens is 372 g/mol. The lowest BCUT2D eigenvalue weighted by Gasteiger charge is -2.60. The third kappa shape index (κ3) is 3.56. The number of carbonyl (C=O) groups is 2. The van der Waals surface area contributed by atoms with E-state index in [1.54, 1.807) is 32.4 Å². The van der Waals surface area contributed by atoms with Crippen molar-refractivity contribution in [2.24, 2.45) is 23.7 Å². The van der Waals surface area contributed by atoms with Gasteiger partial charge in [0.1, 0.15) is 11.5 Å². The topological polar surface area (TPSA) is 85.9 Å². The molecule has 4 fully saturated rings. The molecule has 0 spiro atoms. The second-order valence-corrected chi connectivity index (χ2v) is 8.67. The molecule has 7 heteroatoms. The molecule has 4 aliphatic rings. The minimum atomic E-state index is -0.719. The number of carbonyl (C=O) groups excluding carboxylic acids is 2. The maximum absolute atomic E-state index is 12.5. The van der Waals surface area contributed by atoms with Crippen molar-refractivity contribution in [1.29, 1.82) is 0 Å². The van der Waals surface area contributed by atoms with E-state index in [1.807, 2.05) is 0 Å². The van der Waals surface area contributed by atoms with Crippen molar-refractivity contribution in [3.63, 3.8) is 0 Å². The standard InChI is InChI=1S/C22H30N2O5/c1-27-17-4-5-18(19(11-17)28-2)24-21(26)20(25)23-12-22(29-3)15-7-13-6-14(9-15)10-16(22)8-13/h4-5,11,13-16H,6-10,12H2,1-3H3,(H,23,25)(H,24,26). The molecule has 0 aromatic heterocycles. The summed E-state index contributed by atoms with van der Waals surface area (Å²) in [7, 11) is 4.80. The van der Waals surface area contributed by atoms with Gasteiger partial charge in [-0.05, 0) is 67.9 Å². The van der Waals surface area contributed by atoms with Crippen LogP contribution in [0.25, 0.3) is 0 Å². The molecule has 1 aromatic carbocycles. The predicted molar refractivity (Wildman–Crippen MR) is 108 cm³/mol. The first-order chi connectivity index (χ1) is 14.0. The molecule has 4 saturated carbocycles. The first kappa shape index (κ1) is 20.0. The van der Waals surface area contributed by atoms with Crippen LogP contribution in [-0.2, 0) is 14.3 Å². The number of anilines is 1. The van der Waals surface area contributed by atoms with E-state index in [1.165, 1.54) is 39.2 Å². The molecule has 7 nitrogen and oxygen atoms in total. The quantitative estimate of drug-likeness (QED) is 0.715. The van der Waals surface area contributed by atoms with Gasteiger partial charge in [-0.3, -0.25) is 9.59 Å². The van der Waals surface area contributed by atoms with Gasteiger partial charge in [-0.1, -0.05) is 0 Å². The van der Waals surface area contributed by atoms with Crippen LogP contribution >= 0.6 is 0 Å². The zero-order chi connectivity index (χ0) is 20.6. The smallest absolute Gasteiger partial charge is 0.313 e. The van der Waals surface area contributed by atoms with Crippen LogP contribution in [0.1, 0.15) is 32.1 Å². The monoisotopic (exact) mass is 402 g/mol. The van der Waals surface area contributed by atoms with Crippen LogP contribution in [0.3, 0.4) is 0 Å². The van der Waals surface area contributed by atoms with Crippen molar-refractivity contribution < 1.29 is 23.8 Å². The van der Waals surface area contributed by atoms with Crippen molar-refractivity contribution in [1.82, 2.24) is 5.32 Å². The van der Waals surface area contributed by atoms with Crippen LogP contribution < -0.4 is 20.1 Å².